The van der Waals surface area contributed by atoms with Gasteiger partial charge in [-0.1, -0.05) is 49.0 Å². The van der Waals surface area contributed by atoms with E-state index in [4.69, 9.17) is 10.8 Å². The van der Waals surface area contributed by atoms with Gasteiger partial charge in [-0.3, -0.25) is 10.1 Å². The Labute approximate surface area is 204 Å². The second kappa shape index (κ2) is 10.9. The van der Waals surface area contributed by atoms with Crippen LogP contribution < -0.4 is 5.73 Å². The van der Waals surface area contributed by atoms with Crippen molar-refractivity contribution in [2.24, 2.45) is 0 Å². The number of nitro benzene ring substituents is 1. The summed E-state index contributed by atoms with van der Waals surface area (Å²) in [6.45, 7) is 12.2. The predicted octanol–water partition coefficient (Wildman–Crippen LogP) is 6.94. The van der Waals surface area contributed by atoms with Gasteiger partial charge >= 0.3 is 5.69 Å². The van der Waals surface area contributed by atoms with Gasteiger partial charge in [0, 0.05) is 57.2 Å². The van der Waals surface area contributed by atoms with Crippen LogP contribution in [0.15, 0.2) is 36.4 Å². The zero-order valence-corrected chi connectivity index (χ0v) is 20.5. The molecule has 0 amide bonds. The van der Waals surface area contributed by atoms with Crippen LogP contribution in [0.1, 0.15) is 60.4 Å². The number of aromatic amines is 2. The van der Waals surface area contributed by atoms with Crippen molar-refractivity contribution < 1.29 is 18.8 Å². The van der Waals surface area contributed by atoms with Crippen LogP contribution in [-0.2, 0) is 10.8 Å². The van der Waals surface area contributed by atoms with E-state index < -0.39 is 16.4 Å². The van der Waals surface area contributed by atoms with Crippen LogP contribution in [0.4, 0.5) is 20.2 Å². The lowest BCUT2D eigenvalue weighted by molar-refractivity contribution is -0.387. The topological polar surface area (TPSA) is 121 Å². The second-order valence-corrected chi connectivity index (χ2v) is 9.91. The number of aromatic nitrogens is 2. The van der Waals surface area contributed by atoms with Crippen LogP contribution in [0.2, 0.25) is 0 Å². The van der Waals surface area contributed by atoms with Crippen molar-refractivity contribution >= 4 is 33.2 Å². The highest BCUT2D eigenvalue weighted by Crippen LogP contribution is 2.31. The zero-order valence-electron chi connectivity index (χ0n) is 20.5. The van der Waals surface area contributed by atoms with E-state index in [1.54, 1.807) is 12.1 Å². The molecule has 0 aliphatic carbocycles. The largest absolute Gasteiger partial charge is 0.400 e. The molecule has 0 saturated carbocycles. The molecule has 4 rings (SSSR count). The normalized spacial score (nSPS) is 11.3. The fourth-order valence-electron chi connectivity index (χ4n) is 3.29. The minimum Gasteiger partial charge on any atom is -0.400 e. The number of anilines is 1. The number of nitrogens with zero attached hydrogens (tertiary/aromatic N) is 1. The Balaban J connectivity index is 0.000000320. The van der Waals surface area contributed by atoms with Crippen LogP contribution in [-0.4, -0.2) is 27.1 Å². The number of halogens is 2. The molecule has 0 atom stereocenters. The summed E-state index contributed by atoms with van der Waals surface area (Å²) in [6, 6.07) is 9.58. The first kappa shape index (κ1) is 29.6. The average molecular weight is 491 g/mol. The maximum atomic E-state index is 13.9. The molecule has 2 aromatic carbocycles. The fraction of sp³-hybridized carbons (Fsp3) is 0.385. The average Bonchev–Trinajstić information content (AvgIpc) is 3.38. The summed E-state index contributed by atoms with van der Waals surface area (Å²) in [4.78, 5) is 16.2. The maximum absolute atomic E-state index is 13.9. The number of rotatable bonds is 1. The van der Waals surface area contributed by atoms with Crippen LogP contribution in [0.3, 0.4) is 0 Å². The van der Waals surface area contributed by atoms with Gasteiger partial charge in [-0.25, -0.2) is 4.39 Å². The molecule has 2 heterocycles. The number of nitro groups is 1. The van der Waals surface area contributed by atoms with Crippen molar-refractivity contribution in [1.82, 2.24) is 9.97 Å². The number of fused-ring (bicyclic) bond motifs is 2. The molecule has 35 heavy (non-hydrogen) atoms. The third-order valence-corrected chi connectivity index (χ3v) is 5.30. The number of aliphatic hydroxyl groups excluding tert-OH is 1. The van der Waals surface area contributed by atoms with E-state index in [-0.39, 0.29) is 35.1 Å². The molecular formula is C26H36F2N4O3. The van der Waals surface area contributed by atoms with E-state index in [2.05, 4.69) is 30.7 Å². The van der Waals surface area contributed by atoms with E-state index in [1.165, 1.54) is 12.1 Å². The maximum Gasteiger partial charge on any atom is 0.305 e. The SMILES string of the molecule is C.CC(C)(C)c1cc2c(F)c(N)ccc2[nH]1.CC(C)(C)c1cc2c(F)c([N+](=O)[O-])ccc2[nH]1.CO. The van der Waals surface area contributed by atoms with Gasteiger partial charge in [-0.15, -0.1) is 0 Å². The number of H-pyrrole nitrogens is 2. The highest BCUT2D eigenvalue weighted by atomic mass is 19.1. The van der Waals surface area contributed by atoms with Crippen molar-refractivity contribution in [2.45, 2.75) is 59.8 Å². The molecule has 7 nitrogen and oxygen atoms in total. The van der Waals surface area contributed by atoms with Crippen molar-refractivity contribution in [2.75, 3.05) is 12.8 Å². The van der Waals surface area contributed by atoms with Crippen LogP contribution >= 0.6 is 0 Å². The Morgan fingerprint density at radius 1 is 0.829 bits per heavy atom. The lowest BCUT2D eigenvalue weighted by Gasteiger charge is -2.15. The molecule has 4 aromatic rings. The molecule has 0 aliphatic rings. The van der Waals surface area contributed by atoms with Crippen molar-refractivity contribution in [1.29, 1.82) is 0 Å². The first-order chi connectivity index (χ1) is 15.7. The van der Waals surface area contributed by atoms with Gasteiger partial charge in [-0.05, 0) is 30.3 Å². The fourth-order valence-corrected chi connectivity index (χ4v) is 3.29. The summed E-state index contributed by atoms with van der Waals surface area (Å²) < 4.78 is 27.5. The number of hydrogen-bond acceptors (Lipinski definition) is 4. The van der Waals surface area contributed by atoms with E-state index in [1.807, 2.05) is 32.9 Å². The van der Waals surface area contributed by atoms with Crippen LogP contribution in [0.5, 0.6) is 0 Å². The quantitative estimate of drug-likeness (QED) is 0.131. The smallest absolute Gasteiger partial charge is 0.305 e. The van der Waals surface area contributed by atoms with Crippen molar-refractivity contribution in [3.63, 3.8) is 0 Å². The van der Waals surface area contributed by atoms with Gasteiger partial charge in [0.15, 0.2) is 5.82 Å². The van der Waals surface area contributed by atoms with E-state index in [0.29, 0.717) is 10.9 Å². The molecule has 0 fully saturated rings. The molecule has 5 N–H and O–H groups in total. The van der Waals surface area contributed by atoms with Crippen molar-refractivity contribution in [3.8, 4) is 0 Å². The highest BCUT2D eigenvalue weighted by molar-refractivity contribution is 5.85. The number of aliphatic hydroxyl groups is 1. The monoisotopic (exact) mass is 490 g/mol. The van der Waals surface area contributed by atoms with Gasteiger partial charge in [0.05, 0.1) is 10.6 Å². The number of nitrogen functional groups attached to an aromatic ring is 1. The first-order valence-electron chi connectivity index (χ1n) is 10.7. The van der Waals surface area contributed by atoms with Crippen LogP contribution in [0, 0.1) is 21.7 Å². The van der Waals surface area contributed by atoms with Gasteiger partial charge in [0.2, 0.25) is 5.82 Å². The standard InChI is InChI=1S/C12H13FN2O2.C12H15FN2.CH4O.CH4/c1-12(2,3)10-6-7-8(14-10)4-5-9(11(7)13)15(16)17;1-12(2,3)10-6-7-9(15-10)5-4-8(14)11(7)13;1-2;/h4-6,14H,1-3H3;4-6,15H,14H2,1-3H3;2H,1H3;1H4. The summed E-state index contributed by atoms with van der Waals surface area (Å²) in [5.74, 6) is -1.11. The van der Waals surface area contributed by atoms with Gasteiger partial charge < -0.3 is 20.8 Å². The lowest BCUT2D eigenvalue weighted by atomic mass is 9.92. The molecule has 192 valence electrons. The molecule has 9 heteroatoms. The molecule has 0 radical (unpaired) electrons. The molecule has 0 bridgehead atoms. The molecule has 0 saturated heterocycles. The van der Waals surface area contributed by atoms with Crippen molar-refractivity contribution in [3.05, 3.63) is 69.5 Å². The predicted molar refractivity (Wildman–Crippen MR) is 140 cm³/mol. The van der Waals surface area contributed by atoms with E-state index in [0.717, 1.165) is 24.0 Å². The minimum atomic E-state index is -0.778. The molecule has 0 spiro atoms. The summed E-state index contributed by atoms with van der Waals surface area (Å²) in [5, 5.41) is 18.5. The number of nitrogens with one attached hydrogen (secondary N) is 2. The molecule has 0 unspecified atom stereocenters. The van der Waals surface area contributed by atoms with E-state index >= 15 is 0 Å². The third kappa shape index (κ3) is 6.36. The first-order valence-corrected chi connectivity index (χ1v) is 10.7. The Bertz CT molecular complexity index is 1310. The summed E-state index contributed by atoms with van der Waals surface area (Å²) in [7, 11) is 1.00. The third-order valence-electron chi connectivity index (χ3n) is 5.30. The second-order valence-electron chi connectivity index (χ2n) is 9.91. The summed E-state index contributed by atoms with van der Waals surface area (Å²) >= 11 is 0. The molecule has 0 aliphatic heterocycles. The minimum absolute atomic E-state index is 0. The highest BCUT2D eigenvalue weighted by Gasteiger charge is 2.22. The van der Waals surface area contributed by atoms with Gasteiger partial charge in [-0.2, -0.15) is 4.39 Å². The Kier molecular flexibility index (Phi) is 9.17. The van der Waals surface area contributed by atoms with E-state index in [9.17, 15) is 18.9 Å². The molecule has 2 aromatic heterocycles. The zero-order chi connectivity index (χ0) is 26.0. The van der Waals surface area contributed by atoms with Gasteiger partial charge in [0.1, 0.15) is 0 Å². The van der Waals surface area contributed by atoms with Gasteiger partial charge in [0.25, 0.3) is 0 Å². The molecular weight excluding hydrogens is 454 g/mol. The summed E-state index contributed by atoms with van der Waals surface area (Å²) in [6.07, 6.45) is 0. The lowest BCUT2D eigenvalue weighted by Crippen LogP contribution is -2.10. The Hall–Kier alpha value is -3.46. The van der Waals surface area contributed by atoms with Crippen LogP contribution in [0.25, 0.3) is 21.8 Å². The Morgan fingerprint density at radius 3 is 1.63 bits per heavy atom. The Morgan fingerprint density at radius 2 is 1.23 bits per heavy atom. The summed E-state index contributed by atoms with van der Waals surface area (Å²) in [5.41, 5.74) is 8.31. The number of nitrogens with two attached hydrogens (primary N) is 1. The number of benzene rings is 2. The number of hydrogen-bond donors (Lipinski definition) is 4.